The summed E-state index contributed by atoms with van der Waals surface area (Å²) in [5, 5.41) is 7.34. The van der Waals surface area contributed by atoms with Crippen LogP contribution < -0.4 is 10.1 Å². The van der Waals surface area contributed by atoms with Crippen LogP contribution in [-0.4, -0.2) is 26.8 Å². The quantitative estimate of drug-likeness (QED) is 0.906. The lowest BCUT2D eigenvalue weighted by Crippen LogP contribution is -2.00. The molecule has 0 fully saturated rings. The van der Waals surface area contributed by atoms with Gasteiger partial charge in [-0.1, -0.05) is 11.6 Å². The van der Waals surface area contributed by atoms with Crippen molar-refractivity contribution in [3.05, 3.63) is 23.0 Å². The summed E-state index contributed by atoms with van der Waals surface area (Å²) in [5.74, 6) is 1.32. The van der Waals surface area contributed by atoms with Gasteiger partial charge in [-0.3, -0.25) is 0 Å². The van der Waals surface area contributed by atoms with Gasteiger partial charge in [-0.15, -0.1) is 0 Å². The normalized spacial score (nSPS) is 10.4. The van der Waals surface area contributed by atoms with E-state index in [0.29, 0.717) is 22.7 Å². The van der Waals surface area contributed by atoms with Crippen LogP contribution in [0, 0.1) is 6.92 Å². The molecule has 0 aliphatic rings. The average Bonchev–Trinajstić information content (AvgIpc) is 2.60. The van der Waals surface area contributed by atoms with Gasteiger partial charge in [-0.25, -0.2) is 9.67 Å². The molecule has 2 heterocycles. The molecule has 2 aromatic heterocycles. The summed E-state index contributed by atoms with van der Waals surface area (Å²) < 4.78 is 7.20. The third-order valence-electron chi connectivity index (χ3n) is 2.10. The molecule has 1 N–H and O–H groups in total. The summed E-state index contributed by atoms with van der Waals surface area (Å²) in [6.07, 6.45) is 1.49. The molecular formula is C10H12ClN5O. The predicted molar refractivity (Wildman–Crippen MR) is 64.6 cm³/mol. The van der Waals surface area contributed by atoms with E-state index in [1.807, 2.05) is 6.92 Å². The van der Waals surface area contributed by atoms with Gasteiger partial charge in [-0.05, 0) is 6.92 Å². The fraction of sp³-hybridized carbons (Fsp3) is 0.300. The first kappa shape index (κ1) is 11.7. The highest BCUT2D eigenvalue weighted by Gasteiger charge is 2.10. The lowest BCUT2D eigenvalue weighted by atomic mass is 10.5. The molecule has 6 nitrogen and oxygen atoms in total. The highest BCUT2D eigenvalue weighted by Crippen LogP contribution is 2.27. The molecule has 0 saturated carbocycles. The molecule has 0 saturated heterocycles. The van der Waals surface area contributed by atoms with Crippen LogP contribution >= 0.6 is 11.6 Å². The Morgan fingerprint density at radius 1 is 1.47 bits per heavy atom. The minimum Gasteiger partial charge on any atom is -0.419 e. The van der Waals surface area contributed by atoms with Crippen LogP contribution in [0.15, 0.2) is 12.3 Å². The Hall–Kier alpha value is -1.82. The third-order valence-corrected chi connectivity index (χ3v) is 2.36. The van der Waals surface area contributed by atoms with Crippen molar-refractivity contribution in [3.8, 4) is 11.8 Å². The molecule has 0 amide bonds. The number of halogens is 1. The van der Waals surface area contributed by atoms with Crippen LogP contribution in [0.1, 0.15) is 5.69 Å². The van der Waals surface area contributed by atoms with Gasteiger partial charge in [0.1, 0.15) is 5.02 Å². The molecule has 90 valence electrons. The fourth-order valence-electron chi connectivity index (χ4n) is 1.32. The number of aromatic nitrogens is 4. The molecule has 0 atom stereocenters. The zero-order valence-electron chi connectivity index (χ0n) is 9.73. The van der Waals surface area contributed by atoms with Crippen LogP contribution in [0.25, 0.3) is 0 Å². The summed E-state index contributed by atoms with van der Waals surface area (Å²) in [4.78, 5) is 8.09. The lowest BCUT2D eigenvalue weighted by Gasteiger charge is -2.07. The first-order chi connectivity index (χ1) is 8.10. The van der Waals surface area contributed by atoms with E-state index in [1.165, 1.54) is 6.20 Å². The van der Waals surface area contributed by atoms with E-state index >= 15 is 0 Å². The minimum atomic E-state index is 0.300. The Kier molecular flexibility index (Phi) is 3.14. The van der Waals surface area contributed by atoms with E-state index in [2.05, 4.69) is 20.4 Å². The zero-order chi connectivity index (χ0) is 12.4. The summed E-state index contributed by atoms with van der Waals surface area (Å²) in [6, 6.07) is 1.80. The van der Waals surface area contributed by atoms with Crippen molar-refractivity contribution >= 4 is 17.5 Å². The second kappa shape index (κ2) is 4.58. The Labute approximate surface area is 104 Å². The van der Waals surface area contributed by atoms with Crippen LogP contribution in [0.2, 0.25) is 5.02 Å². The second-order valence-electron chi connectivity index (χ2n) is 3.45. The van der Waals surface area contributed by atoms with Gasteiger partial charge in [0, 0.05) is 20.2 Å². The molecule has 0 aromatic carbocycles. The molecule has 0 spiro atoms. The maximum atomic E-state index is 5.95. The molecule has 0 aliphatic carbocycles. The maximum absolute atomic E-state index is 5.95. The Morgan fingerprint density at radius 2 is 2.24 bits per heavy atom. The fourth-order valence-corrected chi connectivity index (χ4v) is 1.45. The summed E-state index contributed by atoms with van der Waals surface area (Å²) in [7, 11) is 3.51. The molecule has 0 unspecified atom stereocenters. The van der Waals surface area contributed by atoms with Gasteiger partial charge >= 0.3 is 0 Å². The first-order valence-corrected chi connectivity index (χ1v) is 5.36. The second-order valence-corrected chi connectivity index (χ2v) is 3.85. The summed E-state index contributed by atoms with van der Waals surface area (Å²) in [6.45, 7) is 1.88. The topological polar surface area (TPSA) is 64.9 Å². The van der Waals surface area contributed by atoms with Crippen LogP contribution in [0.3, 0.4) is 0 Å². The number of aryl methyl sites for hydroxylation is 2. The predicted octanol–water partition coefficient (Wildman–Crippen LogP) is 2.01. The van der Waals surface area contributed by atoms with E-state index in [-0.39, 0.29) is 0 Å². The summed E-state index contributed by atoms with van der Waals surface area (Å²) >= 11 is 5.95. The largest absolute Gasteiger partial charge is 0.419 e. The van der Waals surface area contributed by atoms with Gasteiger partial charge in [0.2, 0.25) is 17.7 Å². The van der Waals surface area contributed by atoms with Crippen molar-refractivity contribution in [3.63, 3.8) is 0 Å². The number of rotatable bonds is 3. The number of hydrogen-bond acceptors (Lipinski definition) is 5. The van der Waals surface area contributed by atoms with Crippen molar-refractivity contribution in [2.45, 2.75) is 6.92 Å². The molecule has 2 aromatic rings. The van der Waals surface area contributed by atoms with Gasteiger partial charge in [0.05, 0.1) is 11.9 Å². The molecular weight excluding hydrogens is 242 g/mol. The van der Waals surface area contributed by atoms with E-state index < -0.39 is 0 Å². The van der Waals surface area contributed by atoms with Crippen molar-refractivity contribution < 1.29 is 4.74 Å². The van der Waals surface area contributed by atoms with Crippen molar-refractivity contribution in [2.75, 3.05) is 12.4 Å². The highest BCUT2D eigenvalue weighted by molar-refractivity contribution is 6.31. The van der Waals surface area contributed by atoms with Crippen molar-refractivity contribution in [1.82, 2.24) is 19.7 Å². The standard InChI is InChI=1S/C10H12ClN5O/c1-6-4-8(16(3)15-6)17-9-7(11)5-13-10(12-2)14-9/h4-5H,1-3H3,(H,12,13,14). The third kappa shape index (κ3) is 2.47. The summed E-state index contributed by atoms with van der Waals surface area (Å²) in [5.41, 5.74) is 0.863. The smallest absolute Gasteiger partial charge is 0.244 e. The average molecular weight is 254 g/mol. The highest BCUT2D eigenvalue weighted by atomic mass is 35.5. The zero-order valence-corrected chi connectivity index (χ0v) is 10.5. The van der Waals surface area contributed by atoms with E-state index in [1.54, 1.807) is 24.8 Å². The van der Waals surface area contributed by atoms with Crippen molar-refractivity contribution in [1.29, 1.82) is 0 Å². The maximum Gasteiger partial charge on any atom is 0.244 e. The molecule has 0 bridgehead atoms. The molecule has 2 rings (SSSR count). The van der Waals surface area contributed by atoms with Gasteiger partial charge < -0.3 is 10.1 Å². The Balaban J connectivity index is 2.32. The van der Waals surface area contributed by atoms with Gasteiger partial charge in [0.15, 0.2) is 0 Å². The van der Waals surface area contributed by atoms with E-state index in [4.69, 9.17) is 16.3 Å². The number of nitrogens with one attached hydrogen (secondary N) is 1. The van der Waals surface area contributed by atoms with E-state index in [9.17, 15) is 0 Å². The van der Waals surface area contributed by atoms with Crippen molar-refractivity contribution in [2.24, 2.45) is 7.05 Å². The number of ether oxygens (including phenoxy) is 1. The number of hydrogen-bond donors (Lipinski definition) is 1. The molecule has 17 heavy (non-hydrogen) atoms. The molecule has 0 radical (unpaired) electrons. The molecule has 7 heteroatoms. The molecule has 0 aliphatic heterocycles. The van der Waals surface area contributed by atoms with E-state index in [0.717, 1.165) is 5.69 Å². The van der Waals surface area contributed by atoms with Crippen LogP contribution in [0.4, 0.5) is 5.95 Å². The van der Waals surface area contributed by atoms with Crippen LogP contribution in [-0.2, 0) is 7.05 Å². The minimum absolute atomic E-state index is 0.300. The Bertz CT molecular complexity index is 539. The lowest BCUT2D eigenvalue weighted by molar-refractivity contribution is 0.415. The first-order valence-electron chi connectivity index (χ1n) is 4.99. The number of nitrogens with zero attached hydrogens (tertiary/aromatic N) is 4. The SMILES string of the molecule is CNc1ncc(Cl)c(Oc2cc(C)nn2C)n1. The van der Waals surface area contributed by atoms with Gasteiger partial charge in [0.25, 0.3) is 0 Å². The van der Waals surface area contributed by atoms with Gasteiger partial charge in [-0.2, -0.15) is 10.1 Å². The monoisotopic (exact) mass is 253 g/mol. The number of anilines is 1. The Morgan fingerprint density at radius 3 is 2.82 bits per heavy atom. The van der Waals surface area contributed by atoms with Crippen LogP contribution in [0.5, 0.6) is 11.8 Å².